The lowest BCUT2D eigenvalue weighted by atomic mass is 10.0. The van der Waals surface area contributed by atoms with E-state index in [1.165, 1.54) is 103 Å². The van der Waals surface area contributed by atoms with Crippen LogP contribution in [0.2, 0.25) is 0 Å². The van der Waals surface area contributed by atoms with E-state index in [9.17, 15) is 14.4 Å². The summed E-state index contributed by atoms with van der Waals surface area (Å²) in [6, 6.07) is 0. The number of ether oxygens (including phenoxy) is 3. The standard InChI is InChI=1S/C56H96O6/c1-4-7-10-13-16-19-22-25-27-29-31-34-37-40-43-46-49-55(58)61-52-53(51-60-54(57)48-45-42-39-36-33-24-21-18-15-12-9-6-3)62-56(59)50-47-44-41-38-35-32-30-28-26-23-20-17-14-11-8-5-2/h7,9-10,12,16,18-19,21,25,27,33,36,53H,4-6,8,11,13-15,17,20,22-24,26,28-32,34-35,37-52H2,1-3H3/b10-7-,12-9-,19-16-,21-18-,27-25-,36-33-. The molecule has 0 rings (SSSR count). The molecule has 0 aliphatic rings. The van der Waals surface area contributed by atoms with Gasteiger partial charge in [0.15, 0.2) is 6.10 Å². The number of hydrogen-bond donors (Lipinski definition) is 0. The average Bonchev–Trinajstić information content (AvgIpc) is 3.27. The first-order valence-electron chi connectivity index (χ1n) is 25.9. The minimum atomic E-state index is -0.794. The Labute approximate surface area is 382 Å². The van der Waals surface area contributed by atoms with Gasteiger partial charge in [-0.2, -0.15) is 0 Å². The molecule has 0 saturated carbocycles. The summed E-state index contributed by atoms with van der Waals surface area (Å²) in [5.41, 5.74) is 0. The van der Waals surface area contributed by atoms with Crippen molar-refractivity contribution in [3.63, 3.8) is 0 Å². The van der Waals surface area contributed by atoms with Gasteiger partial charge in [-0.1, -0.05) is 216 Å². The van der Waals surface area contributed by atoms with Gasteiger partial charge >= 0.3 is 17.9 Å². The van der Waals surface area contributed by atoms with Crippen LogP contribution in [0.15, 0.2) is 72.9 Å². The first kappa shape index (κ1) is 58.9. The van der Waals surface area contributed by atoms with Crippen molar-refractivity contribution in [3.05, 3.63) is 72.9 Å². The van der Waals surface area contributed by atoms with Crippen LogP contribution >= 0.6 is 0 Å². The van der Waals surface area contributed by atoms with Crippen LogP contribution in [0.1, 0.15) is 245 Å². The number of carbonyl (C=O) groups excluding carboxylic acids is 3. The Balaban J connectivity index is 4.42. The average molecular weight is 865 g/mol. The van der Waals surface area contributed by atoms with Crippen molar-refractivity contribution in [2.24, 2.45) is 0 Å². The van der Waals surface area contributed by atoms with Crippen LogP contribution in [-0.4, -0.2) is 37.2 Å². The number of carbonyl (C=O) groups is 3. The van der Waals surface area contributed by atoms with Crippen molar-refractivity contribution >= 4 is 17.9 Å². The van der Waals surface area contributed by atoms with E-state index >= 15 is 0 Å². The fourth-order valence-electron chi connectivity index (χ4n) is 7.12. The maximum Gasteiger partial charge on any atom is 0.306 e. The zero-order valence-electron chi connectivity index (χ0n) is 40.6. The third kappa shape index (κ3) is 47.9. The van der Waals surface area contributed by atoms with Gasteiger partial charge in [0.2, 0.25) is 0 Å². The summed E-state index contributed by atoms with van der Waals surface area (Å²) in [7, 11) is 0. The molecule has 0 spiro atoms. The molecule has 1 unspecified atom stereocenters. The van der Waals surface area contributed by atoms with E-state index in [0.717, 1.165) is 103 Å². The fraction of sp³-hybridized carbons (Fsp3) is 0.732. The second-order valence-corrected chi connectivity index (χ2v) is 17.0. The molecule has 0 aromatic carbocycles. The van der Waals surface area contributed by atoms with E-state index in [4.69, 9.17) is 14.2 Å². The maximum atomic E-state index is 12.8. The lowest BCUT2D eigenvalue weighted by Gasteiger charge is -2.18. The normalized spacial score (nSPS) is 12.6. The molecule has 0 aromatic heterocycles. The molecule has 0 aromatic rings. The van der Waals surface area contributed by atoms with Crippen LogP contribution in [-0.2, 0) is 28.6 Å². The van der Waals surface area contributed by atoms with Crippen molar-refractivity contribution in [2.75, 3.05) is 13.2 Å². The van der Waals surface area contributed by atoms with Crippen molar-refractivity contribution in [1.82, 2.24) is 0 Å². The van der Waals surface area contributed by atoms with Crippen molar-refractivity contribution < 1.29 is 28.6 Å². The van der Waals surface area contributed by atoms with Gasteiger partial charge in [-0.25, -0.2) is 0 Å². The molecule has 0 N–H and O–H groups in total. The Morgan fingerprint density at radius 2 is 0.629 bits per heavy atom. The molecule has 0 aliphatic carbocycles. The van der Waals surface area contributed by atoms with Gasteiger partial charge in [0.25, 0.3) is 0 Å². The Morgan fingerprint density at radius 1 is 0.339 bits per heavy atom. The van der Waals surface area contributed by atoms with Crippen LogP contribution < -0.4 is 0 Å². The molecule has 1 atom stereocenters. The van der Waals surface area contributed by atoms with Crippen LogP contribution in [0.25, 0.3) is 0 Å². The Bertz CT molecular complexity index is 1180. The second-order valence-electron chi connectivity index (χ2n) is 17.0. The van der Waals surface area contributed by atoms with Gasteiger partial charge in [0.1, 0.15) is 13.2 Å². The van der Waals surface area contributed by atoms with E-state index < -0.39 is 6.10 Å². The molecule has 6 heteroatoms. The van der Waals surface area contributed by atoms with Crippen LogP contribution in [0.5, 0.6) is 0 Å². The summed E-state index contributed by atoms with van der Waals surface area (Å²) in [4.78, 5) is 38.0. The van der Waals surface area contributed by atoms with Crippen molar-refractivity contribution in [2.45, 2.75) is 252 Å². The highest BCUT2D eigenvalue weighted by molar-refractivity contribution is 5.71. The van der Waals surface area contributed by atoms with Gasteiger partial charge in [-0.3, -0.25) is 14.4 Å². The Hall–Kier alpha value is -3.15. The van der Waals surface area contributed by atoms with E-state index in [-0.39, 0.29) is 31.1 Å². The SMILES string of the molecule is CC/C=C\C/C=C\C/C=C\CCCCCCCCC(=O)OCC(COC(=O)CCCC/C=C\C/C=C\C/C=C\CC)OC(=O)CCCCCCCCCCCCCCCCCC. The lowest BCUT2D eigenvalue weighted by molar-refractivity contribution is -0.167. The van der Waals surface area contributed by atoms with Gasteiger partial charge in [-0.15, -0.1) is 0 Å². The highest BCUT2D eigenvalue weighted by Crippen LogP contribution is 2.15. The smallest absolute Gasteiger partial charge is 0.306 e. The predicted octanol–water partition coefficient (Wildman–Crippen LogP) is 17.0. The number of allylic oxidation sites excluding steroid dienone is 12. The molecule has 0 heterocycles. The quantitative estimate of drug-likeness (QED) is 0.0262. The number of hydrogen-bond acceptors (Lipinski definition) is 6. The first-order valence-corrected chi connectivity index (χ1v) is 25.9. The van der Waals surface area contributed by atoms with Crippen LogP contribution in [0, 0.1) is 0 Å². The summed E-state index contributed by atoms with van der Waals surface area (Å²) >= 11 is 0. The zero-order chi connectivity index (χ0) is 45.1. The third-order valence-corrected chi connectivity index (χ3v) is 11.0. The van der Waals surface area contributed by atoms with E-state index in [2.05, 4.69) is 93.7 Å². The second kappa shape index (κ2) is 50.5. The molecular formula is C56H96O6. The van der Waals surface area contributed by atoms with Gasteiger partial charge in [0.05, 0.1) is 0 Å². The highest BCUT2D eigenvalue weighted by Gasteiger charge is 2.19. The Kier molecular flexibility index (Phi) is 47.9. The Morgan fingerprint density at radius 3 is 1.02 bits per heavy atom. The molecule has 0 radical (unpaired) electrons. The topological polar surface area (TPSA) is 78.9 Å². The summed E-state index contributed by atoms with van der Waals surface area (Å²) < 4.78 is 16.8. The molecule has 62 heavy (non-hydrogen) atoms. The molecule has 0 fully saturated rings. The van der Waals surface area contributed by atoms with Crippen molar-refractivity contribution in [3.8, 4) is 0 Å². The molecule has 6 nitrogen and oxygen atoms in total. The predicted molar refractivity (Wildman–Crippen MR) is 265 cm³/mol. The van der Waals surface area contributed by atoms with Crippen LogP contribution in [0.3, 0.4) is 0 Å². The van der Waals surface area contributed by atoms with Gasteiger partial charge < -0.3 is 14.2 Å². The van der Waals surface area contributed by atoms with Gasteiger partial charge in [-0.05, 0) is 83.5 Å². The van der Waals surface area contributed by atoms with E-state index in [0.29, 0.717) is 19.3 Å². The molecule has 0 saturated heterocycles. The maximum absolute atomic E-state index is 12.8. The van der Waals surface area contributed by atoms with Gasteiger partial charge in [0, 0.05) is 19.3 Å². The lowest BCUT2D eigenvalue weighted by Crippen LogP contribution is -2.30. The molecule has 356 valence electrons. The molecular weight excluding hydrogens is 769 g/mol. The molecule has 0 bridgehead atoms. The summed E-state index contributed by atoms with van der Waals surface area (Å²) in [5, 5.41) is 0. The van der Waals surface area contributed by atoms with Crippen LogP contribution in [0.4, 0.5) is 0 Å². The minimum absolute atomic E-state index is 0.0931. The number of rotatable bonds is 46. The molecule has 0 amide bonds. The zero-order valence-corrected chi connectivity index (χ0v) is 40.6. The number of esters is 3. The van der Waals surface area contributed by atoms with E-state index in [1.54, 1.807) is 0 Å². The summed E-state index contributed by atoms with van der Waals surface area (Å²) in [6.07, 6.45) is 63.2. The summed E-state index contributed by atoms with van der Waals surface area (Å²) in [6.45, 7) is 6.37. The largest absolute Gasteiger partial charge is 0.462 e. The highest BCUT2D eigenvalue weighted by atomic mass is 16.6. The van der Waals surface area contributed by atoms with E-state index in [1.807, 2.05) is 0 Å². The first-order chi connectivity index (χ1) is 30.5. The third-order valence-electron chi connectivity index (χ3n) is 11.0. The number of unbranched alkanes of at least 4 members (excludes halogenated alkanes) is 23. The molecule has 0 aliphatic heterocycles. The monoisotopic (exact) mass is 865 g/mol. The fourth-order valence-corrected chi connectivity index (χ4v) is 7.12. The van der Waals surface area contributed by atoms with Crippen molar-refractivity contribution in [1.29, 1.82) is 0 Å². The minimum Gasteiger partial charge on any atom is -0.462 e. The summed E-state index contributed by atoms with van der Waals surface area (Å²) in [5.74, 6) is -0.941.